The van der Waals surface area contributed by atoms with Crippen molar-refractivity contribution >= 4 is 17.2 Å². The highest BCUT2D eigenvalue weighted by Gasteiger charge is 2.16. The lowest BCUT2D eigenvalue weighted by molar-refractivity contribution is -0.120. The van der Waals surface area contributed by atoms with Crippen LogP contribution in [0.2, 0.25) is 0 Å². The number of carbonyl (C=O) groups is 1. The molecule has 0 saturated carbocycles. The molecule has 1 aliphatic carbocycles. The number of amides is 1. The van der Waals surface area contributed by atoms with Gasteiger partial charge in [-0.1, -0.05) is 0 Å². The fourth-order valence-electron chi connectivity index (χ4n) is 2.28. The third kappa shape index (κ3) is 3.04. The van der Waals surface area contributed by atoms with Crippen LogP contribution in [0, 0.1) is 0 Å². The molecule has 0 unspecified atom stereocenters. The number of hydrogen-bond acceptors (Lipinski definition) is 4. The Labute approximate surface area is 115 Å². The fourth-order valence-corrected chi connectivity index (χ4v) is 3.44. The van der Waals surface area contributed by atoms with Gasteiger partial charge in [0.05, 0.1) is 24.9 Å². The van der Waals surface area contributed by atoms with Crippen LogP contribution in [-0.2, 0) is 30.6 Å². The summed E-state index contributed by atoms with van der Waals surface area (Å²) >= 11 is 1.69. The second-order valence-electron chi connectivity index (χ2n) is 4.72. The topological polar surface area (TPSA) is 55.1 Å². The zero-order valence-corrected chi connectivity index (χ0v) is 11.5. The van der Waals surface area contributed by atoms with Gasteiger partial charge < -0.3 is 9.73 Å². The van der Waals surface area contributed by atoms with Gasteiger partial charge in [-0.2, -0.15) is 0 Å². The van der Waals surface area contributed by atoms with Crippen molar-refractivity contribution in [3.8, 4) is 0 Å². The number of thiazole rings is 1. The second-order valence-corrected chi connectivity index (χ2v) is 5.89. The molecule has 0 spiro atoms. The molecule has 1 aliphatic rings. The van der Waals surface area contributed by atoms with E-state index in [1.165, 1.54) is 23.4 Å². The van der Waals surface area contributed by atoms with Gasteiger partial charge in [-0.05, 0) is 37.8 Å². The number of rotatable bonds is 4. The average molecular weight is 276 g/mol. The van der Waals surface area contributed by atoms with Gasteiger partial charge in [0.25, 0.3) is 0 Å². The summed E-state index contributed by atoms with van der Waals surface area (Å²) < 4.78 is 5.17. The molecule has 3 rings (SSSR count). The highest BCUT2D eigenvalue weighted by Crippen LogP contribution is 2.26. The largest absolute Gasteiger partial charge is 0.467 e. The first-order valence-electron chi connectivity index (χ1n) is 6.58. The molecule has 0 aliphatic heterocycles. The smallest absolute Gasteiger partial charge is 0.227 e. The van der Waals surface area contributed by atoms with Crippen molar-refractivity contribution in [3.63, 3.8) is 0 Å². The highest BCUT2D eigenvalue weighted by molar-refractivity contribution is 7.11. The predicted octanol–water partition coefficient (Wildman–Crippen LogP) is 2.47. The van der Waals surface area contributed by atoms with Crippen LogP contribution in [0.3, 0.4) is 0 Å². The average Bonchev–Trinajstić information content (AvgIpc) is 3.04. The van der Waals surface area contributed by atoms with Crippen molar-refractivity contribution in [1.29, 1.82) is 0 Å². The van der Waals surface area contributed by atoms with Crippen molar-refractivity contribution in [2.24, 2.45) is 0 Å². The van der Waals surface area contributed by atoms with Gasteiger partial charge in [0.15, 0.2) is 0 Å². The van der Waals surface area contributed by atoms with Gasteiger partial charge in [-0.15, -0.1) is 11.3 Å². The molecule has 0 saturated heterocycles. The third-order valence-corrected chi connectivity index (χ3v) is 4.40. The Morgan fingerprint density at radius 1 is 1.42 bits per heavy atom. The summed E-state index contributed by atoms with van der Waals surface area (Å²) in [7, 11) is 0. The number of nitrogens with one attached hydrogen (secondary N) is 1. The Morgan fingerprint density at radius 3 is 3.11 bits per heavy atom. The van der Waals surface area contributed by atoms with Crippen LogP contribution in [0.4, 0.5) is 0 Å². The minimum Gasteiger partial charge on any atom is -0.467 e. The summed E-state index contributed by atoms with van der Waals surface area (Å²) in [5.74, 6) is 0.772. The molecule has 4 nitrogen and oxygen atoms in total. The summed E-state index contributed by atoms with van der Waals surface area (Å²) in [6, 6.07) is 3.67. The second kappa shape index (κ2) is 5.57. The Balaban J connectivity index is 1.55. The number of aryl methyl sites for hydroxylation is 2. The van der Waals surface area contributed by atoms with Gasteiger partial charge in [0.1, 0.15) is 10.8 Å². The molecule has 1 N–H and O–H groups in total. The summed E-state index contributed by atoms with van der Waals surface area (Å²) in [4.78, 5) is 17.8. The molecule has 0 fully saturated rings. The molecule has 19 heavy (non-hydrogen) atoms. The first kappa shape index (κ1) is 12.4. The molecule has 0 bridgehead atoms. The lowest BCUT2D eigenvalue weighted by Crippen LogP contribution is -2.24. The maximum atomic E-state index is 11.8. The van der Waals surface area contributed by atoms with E-state index in [9.17, 15) is 4.79 Å². The molecule has 0 radical (unpaired) electrons. The van der Waals surface area contributed by atoms with Gasteiger partial charge in [-0.25, -0.2) is 4.98 Å². The van der Waals surface area contributed by atoms with E-state index >= 15 is 0 Å². The van der Waals surface area contributed by atoms with Crippen molar-refractivity contribution < 1.29 is 9.21 Å². The number of fused-ring (bicyclic) bond motifs is 1. The third-order valence-electron chi connectivity index (χ3n) is 3.24. The van der Waals surface area contributed by atoms with E-state index in [1.807, 2.05) is 12.1 Å². The molecule has 1 amide bonds. The first-order valence-corrected chi connectivity index (χ1v) is 7.39. The maximum absolute atomic E-state index is 11.8. The number of hydrogen-bond donors (Lipinski definition) is 1. The lowest BCUT2D eigenvalue weighted by Gasteiger charge is -2.06. The first-order chi connectivity index (χ1) is 9.31. The number of carbonyl (C=O) groups excluding carboxylic acids is 1. The molecule has 0 atom stereocenters. The number of nitrogens with zero attached hydrogens (tertiary/aromatic N) is 1. The van der Waals surface area contributed by atoms with Crippen LogP contribution in [0.15, 0.2) is 22.8 Å². The summed E-state index contributed by atoms with van der Waals surface area (Å²) in [5, 5.41) is 3.78. The normalized spacial score (nSPS) is 14.1. The Hall–Kier alpha value is -1.62. The Bertz CT molecular complexity index is 537. The van der Waals surface area contributed by atoms with Gasteiger partial charge in [-0.3, -0.25) is 4.79 Å². The van der Waals surface area contributed by atoms with E-state index in [4.69, 9.17) is 4.42 Å². The molecule has 0 aromatic carbocycles. The molecule has 2 aromatic heterocycles. The van der Waals surface area contributed by atoms with Crippen LogP contribution < -0.4 is 5.32 Å². The maximum Gasteiger partial charge on any atom is 0.227 e. The van der Waals surface area contributed by atoms with Crippen LogP contribution in [0.5, 0.6) is 0 Å². The Morgan fingerprint density at radius 2 is 2.32 bits per heavy atom. The zero-order chi connectivity index (χ0) is 13.1. The summed E-state index contributed by atoms with van der Waals surface area (Å²) in [6.07, 6.45) is 6.65. The van der Waals surface area contributed by atoms with Crippen molar-refractivity contribution in [2.75, 3.05) is 0 Å². The Kier molecular flexibility index (Phi) is 3.64. The monoisotopic (exact) mass is 276 g/mol. The van der Waals surface area contributed by atoms with Crippen LogP contribution in [0.1, 0.15) is 34.2 Å². The van der Waals surface area contributed by atoms with Gasteiger partial charge >= 0.3 is 0 Å². The number of furan rings is 1. The minimum atomic E-state index is 0.00231. The summed E-state index contributed by atoms with van der Waals surface area (Å²) in [6.45, 7) is 0.441. The van der Waals surface area contributed by atoms with Gasteiger partial charge in [0, 0.05) is 4.88 Å². The molecular weight excluding hydrogens is 260 g/mol. The highest BCUT2D eigenvalue weighted by atomic mass is 32.1. The van der Waals surface area contributed by atoms with E-state index < -0.39 is 0 Å². The summed E-state index contributed by atoms with van der Waals surface area (Å²) in [5.41, 5.74) is 1.21. The lowest BCUT2D eigenvalue weighted by atomic mass is 10.0. The molecule has 5 heteroatoms. The van der Waals surface area contributed by atoms with E-state index in [-0.39, 0.29) is 5.91 Å². The van der Waals surface area contributed by atoms with Gasteiger partial charge in [0.2, 0.25) is 5.91 Å². The fraction of sp³-hybridized carbons (Fsp3) is 0.429. The van der Waals surface area contributed by atoms with E-state index in [2.05, 4.69) is 10.3 Å². The standard InChI is InChI=1S/C14H16N2O2S/c17-13(15-9-10-4-3-7-18-10)8-14-16-11-5-1-2-6-12(11)19-14/h3-4,7H,1-2,5-6,8-9H2,(H,15,17). The van der Waals surface area contributed by atoms with E-state index in [0.29, 0.717) is 13.0 Å². The molecule has 2 aromatic rings. The predicted molar refractivity (Wildman–Crippen MR) is 73.0 cm³/mol. The number of aromatic nitrogens is 1. The van der Waals surface area contributed by atoms with Crippen molar-refractivity contribution in [1.82, 2.24) is 10.3 Å². The van der Waals surface area contributed by atoms with Crippen molar-refractivity contribution in [3.05, 3.63) is 39.7 Å². The molecular formula is C14H16N2O2S. The van der Waals surface area contributed by atoms with Crippen LogP contribution >= 0.6 is 11.3 Å². The van der Waals surface area contributed by atoms with Crippen LogP contribution in [0.25, 0.3) is 0 Å². The molecule has 2 heterocycles. The SMILES string of the molecule is O=C(Cc1nc2c(s1)CCCC2)NCc1ccco1. The zero-order valence-electron chi connectivity index (χ0n) is 10.6. The minimum absolute atomic E-state index is 0.00231. The molecule has 100 valence electrons. The van der Waals surface area contributed by atoms with E-state index in [1.54, 1.807) is 17.6 Å². The van der Waals surface area contributed by atoms with Crippen molar-refractivity contribution in [2.45, 2.75) is 38.6 Å². The quantitative estimate of drug-likeness (QED) is 0.933. The van der Waals surface area contributed by atoms with Crippen LogP contribution in [-0.4, -0.2) is 10.9 Å². The van der Waals surface area contributed by atoms with E-state index in [0.717, 1.165) is 23.6 Å².